The Bertz CT molecular complexity index is 1440. The van der Waals surface area contributed by atoms with Crippen LogP contribution in [0.25, 0.3) is 11.0 Å². The molecule has 4 aromatic rings. The SMILES string of the molecule is COc1ccc(N2C(=O)c3oc4cc(C)c(C)cc4c(=O)c3[C@H]2c2cccc(Br)c2)cc1. The van der Waals surface area contributed by atoms with Gasteiger partial charge in [0.15, 0.2) is 5.43 Å². The van der Waals surface area contributed by atoms with Crippen molar-refractivity contribution < 1.29 is 13.9 Å². The number of rotatable bonds is 3. The van der Waals surface area contributed by atoms with Gasteiger partial charge in [0.25, 0.3) is 5.91 Å². The third-order valence-electron chi connectivity index (χ3n) is 6.00. The minimum absolute atomic E-state index is 0.0894. The Kier molecular flexibility index (Phi) is 4.90. The number of anilines is 1. The van der Waals surface area contributed by atoms with Crippen LogP contribution in [0.2, 0.25) is 0 Å². The van der Waals surface area contributed by atoms with E-state index in [9.17, 15) is 9.59 Å². The highest BCUT2D eigenvalue weighted by Gasteiger charge is 2.43. The first-order chi connectivity index (χ1) is 15.4. The standard InChI is InChI=1S/C26H20BrNO4/c1-14-11-20-21(12-15(14)2)32-25-22(24(20)29)23(16-5-4-6-17(27)13-16)28(26(25)30)18-7-9-19(31-3)10-8-18/h4-13,23H,1-3H3/t23-/m1/s1. The van der Waals surface area contributed by atoms with E-state index >= 15 is 0 Å². The van der Waals surface area contributed by atoms with Crippen molar-refractivity contribution in [2.24, 2.45) is 0 Å². The first-order valence-electron chi connectivity index (χ1n) is 10.2. The largest absolute Gasteiger partial charge is 0.497 e. The van der Waals surface area contributed by atoms with Gasteiger partial charge >= 0.3 is 0 Å². The van der Waals surface area contributed by atoms with Crippen LogP contribution in [0.4, 0.5) is 5.69 Å². The Morgan fingerprint density at radius 1 is 0.969 bits per heavy atom. The first-order valence-corrected chi connectivity index (χ1v) is 11.0. The second-order valence-electron chi connectivity index (χ2n) is 7.94. The molecule has 3 aromatic carbocycles. The van der Waals surface area contributed by atoms with E-state index in [1.807, 2.05) is 62.4 Å². The molecule has 0 saturated heterocycles. The average Bonchev–Trinajstić information content (AvgIpc) is 3.08. The van der Waals surface area contributed by atoms with Crippen LogP contribution < -0.4 is 15.1 Å². The van der Waals surface area contributed by atoms with Crippen molar-refractivity contribution in [1.29, 1.82) is 0 Å². The molecule has 1 aromatic heterocycles. The number of fused-ring (bicyclic) bond motifs is 2. The predicted molar refractivity (Wildman–Crippen MR) is 128 cm³/mol. The summed E-state index contributed by atoms with van der Waals surface area (Å²) < 4.78 is 12.2. The fourth-order valence-electron chi connectivity index (χ4n) is 4.23. The molecule has 0 radical (unpaired) electrons. The third kappa shape index (κ3) is 3.14. The second-order valence-corrected chi connectivity index (χ2v) is 8.85. The lowest BCUT2D eigenvalue weighted by Crippen LogP contribution is -2.29. The van der Waals surface area contributed by atoms with Crippen molar-refractivity contribution in [3.8, 4) is 5.75 Å². The summed E-state index contributed by atoms with van der Waals surface area (Å²) in [6.07, 6.45) is 0. The molecule has 0 aliphatic carbocycles. The number of benzene rings is 3. The number of ether oxygens (including phenoxy) is 1. The maximum Gasteiger partial charge on any atom is 0.295 e. The summed E-state index contributed by atoms with van der Waals surface area (Å²) in [5.74, 6) is 0.432. The van der Waals surface area contributed by atoms with Gasteiger partial charge in [0, 0.05) is 10.2 Å². The molecule has 1 aliphatic heterocycles. The minimum atomic E-state index is -0.606. The number of halogens is 1. The van der Waals surface area contributed by atoms with Crippen LogP contribution in [0.5, 0.6) is 5.75 Å². The maximum atomic E-state index is 13.7. The van der Waals surface area contributed by atoms with Crippen LogP contribution >= 0.6 is 15.9 Å². The van der Waals surface area contributed by atoms with Crippen molar-refractivity contribution in [2.45, 2.75) is 19.9 Å². The Balaban J connectivity index is 1.80. The molecule has 5 rings (SSSR count). The highest BCUT2D eigenvalue weighted by Crippen LogP contribution is 2.42. The molecule has 0 N–H and O–H groups in total. The Hall–Kier alpha value is -3.38. The third-order valence-corrected chi connectivity index (χ3v) is 6.49. The van der Waals surface area contributed by atoms with Crippen LogP contribution in [0.3, 0.4) is 0 Å². The molecule has 0 saturated carbocycles. The monoisotopic (exact) mass is 489 g/mol. The zero-order valence-corrected chi connectivity index (χ0v) is 19.4. The van der Waals surface area contributed by atoms with Crippen molar-refractivity contribution in [3.05, 3.63) is 103 Å². The zero-order valence-electron chi connectivity index (χ0n) is 17.8. The molecule has 6 heteroatoms. The number of amides is 1. The van der Waals surface area contributed by atoms with Crippen molar-refractivity contribution in [1.82, 2.24) is 0 Å². The highest BCUT2D eigenvalue weighted by molar-refractivity contribution is 9.10. The molecule has 160 valence electrons. The molecule has 1 amide bonds. The smallest absolute Gasteiger partial charge is 0.295 e. The van der Waals surface area contributed by atoms with Crippen molar-refractivity contribution >= 4 is 38.5 Å². The fourth-order valence-corrected chi connectivity index (χ4v) is 4.65. The number of methoxy groups -OCH3 is 1. The molecular weight excluding hydrogens is 470 g/mol. The Morgan fingerprint density at radius 2 is 1.69 bits per heavy atom. The molecule has 0 spiro atoms. The summed E-state index contributed by atoms with van der Waals surface area (Å²) in [5.41, 5.74) is 4.08. The Morgan fingerprint density at radius 3 is 2.38 bits per heavy atom. The molecule has 2 heterocycles. The summed E-state index contributed by atoms with van der Waals surface area (Å²) >= 11 is 3.51. The van der Waals surface area contributed by atoms with Gasteiger partial charge in [-0.3, -0.25) is 14.5 Å². The van der Waals surface area contributed by atoms with E-state index in [4.69, 9.17) is 9.15 Å². The summed E-state index contributed by atoms with van der Waals surface area (Å²) in [6.45, 7) is 3.92. The van der Waals surface area contributed by atoms with E-state index in [0.717, 1.165) is 21.2 Å². The van der Waals surface area contributed by atoms with E-state index in [-0.39, 0.29) is 17.1 Å². The summed E-state index contributed by atoms with van der Waals surface area (Å²) in [7, 11) is 1.59. The highest BCUT2D eigenvalue weighted by atomic mass is 79.9. The van der Waals surface area contributed by atoms with E-state index in [1.54, 1.807) is 24.1 Å². The van der Waals surface area contributed by atoms with Crippen molar-refractivity contribution in [2.75, 3.05) is 12.0 Å². The molecule has 0 bridgehead atoms. The van der Waals surface area contributed by atoms with Crippen molar-refractivity contribution in [3.63, 3.8) is 0 Å². The molecule has 0 unspecified atom stereocenters. The van der Waals surface area contributed by atoms with Crippen LogP contribution in [-0.2, 0) is 0 Å². The van der Waals surface area contributed by atoms with Gasteiger partial charge in [0.2, 0.25) is 5.76 Å². The van der Waals surface area contributed by atoms with Crippen LogP contribution in [0.1, 0.15) is 38.9 Å². The van der Waals surface area contributed by atoms with Gasteiger partial charge in [-0.15, -0.1) is 0 Å². The quantitative estimate of drug-likeness (QED) is 0.357. The summed E-state index contributed by atoms with van der Waals surface area (Å²) in [5, 5.41) is 0.483. The molecule has 32 heavy (non-hydrogen) atoms. The van der Waals surface area contributed by atoms with Crippen LogP contribution in [0.15, 0.2) is 74.3 Å². The second kappa shape index (κ2) is 7.64. The summed E-state index contributed by atoms with van der Waals surface area (Å²) in [4.78, 5) is 28.9. The normalized spacial score (nSPS) is 15.3. The first kappa shape index (κ1) is 20.5. The van der Waals surface area contributed by atoms with Gasteiger partial charge in [-0.05, 0) is 79.1 Å². The van der Waals surface area contributed by atoms with Crippen LogP contribution in [-0.4, -0.2) is 13.0 Å². The van der Waals surface area contributed by atoms with E-state index in [0.29, 0.717) is 28.0 Å². The molecule has 0 fully saturated rings. The Labute approximate surface area is 193 Å². The van der Waals surface area contributed by atoms with Gasteiger partial charge in [-0.25, -0.2) is 0 Å². The van der Waals surface area contributed by atoms with Crippen LogP contribution in [0, 0.1) is 13.8 Å². The van der Waals surface area contributed by atoms with Gasteiger partial charge in [0.05, 0.1) is 24.1 Å². The number of hydrogen-bond acceptors (Lipinski definition) is 4. The lowest BCUT2D eigenvalue weighted by atomic mass is 9.97. The van der Waals surface area contributed by atoms with Gasteiger partial charge in [-0.2, -0.15) is 0 Å². The maximum absolute atomic E-state index is 13.7. The van der Waals surface area contributed by atoms with Gasteiger partial charge in [0.1, 0.15) is 11.3 Å². The number of carbonyl (C=O) groups is 1. The lowest BCUT2D eigenvalue weighted by molar-refractivity contribution is 0.0971. The average molecular weight is 490 g/mol. The molecule has 1 atom stereocenters. The number of carbonyl (C=O) groups excluding carboxylic acids is 1. The lowest BCUT2D eigenvalue weighted by Gasteiger charge is -2.25. The predicted octanol–water partition coefficient (Wildman–Crippen LogP) is 5.93. The number of nitrogens with zero attached hydrogens (tertiary/aromatic N) is 1. The zero-order chi connectivity index (χ0) is 22.6. The van der Waals surface area contributed by atoms with E-state index in [2.05, 4.69) is 15.9 Å². The molecule has 1 aliphatic rings. The summed E-state index contributed by atoms with van der Waals surface area (Å²) in [6, 6.07) is 17.9. The number of hydrogen-bond donors (Lipinski definition) is 0. The van der Waals surface area contributed by atoms with E-state index < -0.39 is 6.04 Å². The minimum Gasteiger partial charge on any atom is -0.497 e. The van der Waals surface area contributed by atoms with Gasteiger partial charge in [-0.1, -0.05) is 28.1 Å². The topological polar surface area (TPSA) is 59.8 Å². The fraction of sp³-hybridized carbons (Fsp3) is 0.154. The van der Waals surface area contributed by atoms with Gasteiger partial charge < -0.3 is 9.15 Å². The molecule has 5 nitrogen and oxygen atoms in total. The molecular formula is C26H20BrNO4. The number of aryl methyl sites for hydroxylation is 2. The van der Waals surface area contributed by atoms with E-state index in [1.165, 1.54) is 0 Å².